The average Bonchev–Trinajstić information content (AvgIpc) is 2.20. The second-order valence-electron chi connectivity index (χ2n) is 3.53. The number of carbonyl (C=O) groups is 1. The van der Waals surface area contributed by atoms with E-state index < -0.39 is 0 Å². The summed E-state index contributed by atoms with van der Waals surface area (Å²) in [5.41, 5.74) is 2.49. The Balaban J connectivity index is 3.12. The van der Waals surface area contributed by atoms with Crippen LogP contribution in [0.2, 0.25) is 0 Å². The van der Waals surface area contributed by atoms with E-state index in [-0.39, 0.29) is 5.91 Å². The van der Waals surface area contributed by atoms with Gasteiger partial charge in [0.15, 0.2) is 0 Å². The summed E-state index contributed by atoms with van der Waals surface area (Å²) >= 11 is 3.44. The predicted molar refractivity (Wildman–Crippen MR) is 67.1 cm³/mol. The Hall–Kier alpha value is -1.09. The molecule has 0 atom stereocenters. The standard InChI is InChI=1S/C12H14BrNO/c1-8(2)12(15)14(4)11-7-5-6-10(13)9(11)3/h5-7H,1H2,2-4H3. The van der Waals surface area contributed by atoms with Crippen LogP contribution >= 0.6 is 15.9 Å². The largest absolute Gasteiger partial charge is 0.311 e. The number of halogens is 1. The van der Waals surface area contributed by atoms with E-state index in [1.165, 1.54) is 0 Å². The highest BCUT2D eigenvalue weighted by molar-refractivity contribution is 9.10. The summed E-state index contributed by atoms with van der Waals surface area (Å²) in [7, 11) is 1.76. The predicted octanol–water partition coefficient (Wildman–Crippen LogP) is 3.30. The topological polar surface area (TPSA) is 20.3 Å². The van der Waals surface area contributed by atoms with Crippen molar-refractivity contribution in [3.8, 4) is 0 Å². The zero-order valence-electron chi connectivity index (χ0n) is 9.17. The van der Waals surface area contributed by atoms with Crippen molar-refractivity contribution < 1.29 is 4.79 Å². The fraction of sp³-hybridized carbons (Fsp3) is 0.250. The fourth-order valence-corrected chi connectivity index (χ4v) is 1.71. The molecule has 0 aromatic heterocycles. The van der Waals surface area contributed by atoms with Crippen LogP contribution in [0.1, 0.15) is 12.5 Å². The van der Waals surface area contributed by atoms with E-state index >= 15 is 0 Å². The van der Waals surface area contributed by atoms with Crippen LogP contribution in [0.3, 0.4) is 0 Å². The van der Waals surface area contributed by atoms with Gasteiger partial charge in [-0.2, -0.15) is 0 Å². The van der Waals surface area contributed by atoms with Gasteiger partial charge in [0, 0.05) is 22.8 Å². The van der Waals surface area contributed by atoms with E-state index in [1.807, 2.05) is 25.1 Å². The summed E-state index contributed by atoms with van der Waals surface area (Å²) in [6.07, 6.45) is 0. The third kappa shape index (κ3) is 2.48. The second-order valence-corrected chi connectivity index (χ2v) is 4.38. The van der Waals surface area contributed by atoms with Gasteiger partial charge in [0.05, 0.1) is 0 Å². The highest BCUT2D eigenvalue weighted by Gasteiger charge is 2.13. The van der Waals surface area contributed by atoms with Crippen LogP contribution in [-0.2, 0) is 4.79 Å². The number of hydrogen-bond acceptors (Lipinski definition) is 1. The lowest BCUT2D eigenvalue weighted by molar-refractivity contribution is -0.114. The van der Waals surface area contributed by atoms with E-state index in [0.29, 0.717) is 5.57 Å². The number of rotatable bonds is 2. The van der Waals surface area contributed by atoms with E-state index in [0.717, 1.165) is 15.7 Å². The molecule has 3 heteroatoms. The third-order valence-corrected chi connectivity index (χ3v) is 3.13. The third-order valence-electron chi connectivity index (χ3n) is 2.27. The van der Waals surface area contributed by atoms with Crippen molar-refractivity contribution in [2.24, 2.45) is 0 Å². The monoisotopic (exact) mass is 267 g/mol. The minimum atomic E-state index is -0.0591. The lowest BCUT2D eigenvalue weighted by atomic mass is 10.1. The van der Waals surface area contributed by atoms with Gasteiger partial charge in [-0.05, 0) is 31.5 Å². The molecule has 80 valence electrons. The fourth-order valence-electron chi connectivity index (χ4n) is 1.36. The molecule has 1 amide bonds. The number of nitrogens with zero attached hydrogens (tertiary/aromatic N) is 1. The Kier molecular flexibility index (Phi) is 3.69. The number of benzene rings is 1. The van der Waals surface area contributed by atoms with Gasteiger partial charge < -0.3 is 4.90 Å². The first-order valence-corrected chi connectivity index (χ1v) is 5.43. The Morgan fingerprint density at radius 2 is 2.07 bits per heavy atom. The molecule has 0 fully saturated rings. The van der Waals surface area contributed by atoms with Crippen molar-refractivity contribution in [2.75, 3.05) is 11.9 Å². The zero-order valence-corrected chi connectivity index (χ0v) is 10.8. The molecule has 0 radical (unpaired) electrons. The van der Waals surface area contributed by atoms with Gasteiger partial charge in [-0.3, -0.25) is 4.79 Å². The molecule has 0 saturated carbocycles. The summed E-state index contributed by atoms with van der Waals surface area (Å²) in [5.74, 6) is -0.0591. The molecule has 0 aliphatic rings. The summed E-state index contributed by atoms with van der Waals surface area (Å²) < 4.78 is 1.00. The van der Waals surface area contributed by atoms with Crippen LogP contribution in [-0.4, -0.2) is 13.0 Å². The molecule has 0 saturated heterocycles. The van der Waals surface area contributed by atoms with Crippen LogP contribution < -0.4 is 4.90 Å². The molecule has 15 heavy (non-hydrogen) atoms. The number of likely N-dealkylation sites (N-methyl/N-ethyl adjacent to an activating group) is 1. The Morgan fingerprint density at radius 3 is 2.60 bits per heavy atom. The van der Waals surface area contributed by atoms with Crippen molar-refractivity contribution in [3.05, 3.63) is 40.4 Å². The van der Waals surface area contributed by atoms with Gasteiger partial charge in [-0.1, -0.05) is 28.6 Å². The highest BCUT2D eigenvalue weighted by atomic mass is 79.9. The molecule has 0 heterocycles. The van der Waals surface area contributed by atoms with Crippen LogP contribution in [0.4, 0.5) is 5.69 Å². The first-order valence-electron chi connectivity index (χ1n) is 4.64. The lowest BCUT2D eigenvalue weighted by Crippen LogP contribution is -2.27. The van der Waals surface area contributed by atoms with E-state index in [1.54, 1.807) is 18.9 Å². The van der Waals surface area contributed by atoms with Crippen LogP contribution in [0.15, 0.2) is 34.8 Å². The molecule has 0 N–H and O–H groups in total. The van der Waals surface area contributed by atoms with Gasteiger partial charge in [0.1, 0.15) is 0 Å². The highest BCUT2D eigenvalue weighted by Crippen LogP contribution is 2.26. The molecular weight excluding hydrogens is 254 g/mol. The van der Waals surface area contributed by atoms with Crippen molar-refractivity contribution in [2.45, 2.75) is 13.8 Å². The maximum atomic E-state index is 11.7. The number of anilines is 1. The maximum absolute atomic E-state index is 11.7. The minimum Gasteiger partial charge on any atom is -0.311 e. The summed E-state index contributed by atoms with van der Waals surface area (Å²) in [5, 5.41) is 0. The molecule has 1 rings (SSSR count). The van der Waals surface area contributed by atoms with Crippen molar-refractivity contribution >= 4 is 27.5 Å². The first-order chi connectivity index (χ1) is 6.95. The van der Waals surface area contributed by atoms with Crippen LogP contribution in [0.5, 0.6) is 0 Å². The normalized spacial score (nSPS) is 9.87. The molecule has 0 aliphatic heterocycles. The first kappa shape index (κ1) is 12.0. The summed E-state index contributed by atoms with van der Waals surface area (Å²) in [6.45, 7) is 7.34. The minimum absolute atomic E-state index is 0.0591. The molecule has 0 spiro atoms. The Morgan fingerprint density at radius 1 is 1.47 bits per heavy atom. The smallest absolute Gasteiger partial charge is 0.253 e. The van der Waals surface area contributed by atoms with Gasteiger partial charge in [0.25, 0.3) is 5.91 Å². The SMILES string of the molecule is C=C(C)C(=O)N(C)c1cccc(Br)c1C. The molecule has 0 unspecified atom stereocenters. The molecule has 0 bridgehead atoms. The summed E-state index contributed by atoms with van der Waals surface area (Å²) in [6, 6.07) is 5.79. The quantitative estimate of drug-likeness (QED) is 0.754. The maximum Gasteiger partial charge on any atom is 0.253 e. The van der Waals surface area contributed by atoms with Crippen LogP contribution in [0, 0.1) is 6.92 Å². The van der Waals surface area contributed by atoms with Gasteiger partial charge in [-0.25, -0.2) is 0 Å². The molecule has 1 aromatic rings. The summed E-state index contributed by atoms with van der Waals surface area (Å²) in [4.78, 5) is 13.3. The van der Waals surface area contributed by atoms with E-state index in [9.17, 15) is 4.79 Å². The molecular formula is C12H14BrNO. The van der Waals surface area contributed by atoms with Gasteiger partial charge in [-0.15, -0.1) is 0 Å². The average molecular weight is 268 g/mol. The lowest BCUT2D eigenvalue weighted by Gasteiger charge is -2.20. The number of hydrogen-bond donors (Lipinski definition) is 0. The zero-order chi connectivity index (χ0) is 11.6. The molecule has 2 nitrogen and oxygen atoms in total. The van der Waals surface area contributed by atoms with Crippen molar-refractivity contribution in [3.63, 3.8) is 0 Å². The number of amides is 1. The van der Waals surface area contributed by atoms with E-state index in [2.05, 4.69) is 22.5 Å². The van der Waals surface area contributed by atoms with Crippen LogP contribution in [0.25, 0.3) is 0 Å². The van der Waals surface area contributed by atoms with Crippen molar-refractivity contribution in [1.29, 1.82) is 0 Å². The number of carbonyl (C=O) groups excluding carboxylic acids is 1. The van der Waals surface area contributed by atoms with Crippen molar-refractivity contribution in [1.82, 2.24) is 0 Å². The second kappa shape index (κ2) is 4.62. The Labute approximate surface area is 98.7 Å². The molecule has 1 aromatic carbocycles. The van der Waals surface area contributed by atoms with E-state index in [4.69, 9.17) is 0 Å². The molecule has 0 aliphatic carbocycles. The van der Waals surface area contributed by atoms with Gasteiger partial charge >= 0.3 is 0 Å². The van der Waals surface area contributed by atoms with Gasteiger partial charge in [0.2, 0.25) is 0 Å². The Bertz CT molecular complexity index is 412.